The number of nitrogens with zero attached hydrogens (tertiary/aromatic N) is 3. The molecule has 1 aliphatic heterocycles. The van der Waals surface area contributed by atoms with Gasteiger partial charge in [0.1, 0.15) is 12.1 Å². The summed E-state index contributed by atoms with van der Waals surface area (Å²) in [6, 6.07) is 3.02. The standard InChI is InChI=1S/C19H19F3N4O2/c1-11-3-6-25(16(28)8-19(20,21)22)10-14(11)26-7-4-15(27)13-9-24-18-12(17(13)26)2-5-23-18/h2,4-5,7,9,11,14H,3,6,8,10H2,1H3,(H,23,24)/t11-,14+/m1/s1. The zero-order chi connectivity index (χ0) is 20.1. The second kappa shape index (κ2) is 6.65. The van der Waals surface area contributed by atoms with Crippen molar-refractivity contribution in [3.63, 3.8) is 0 Å². The van der Waals surface area contributed by atoms with Crippen LogP contribution in [-0.4, -0.2) is 44.6 Å². The lowest BCUT2D eigenvalue weighted by Crippen LogP contribution is -2.45. The summed E-state index contributed by atoms with van der Waals surface area (Å²) in [5.41, 5.74) is 1.14. The highest BCUT2D eigenvalue weighted by Crippen LogP contribution is 2.33. The van der Waals surface area contributed by atoms with Crippen molar-refractivity contribution in [1.29, 1.82) is 0 Å². The molecule has 6 nitrogen and oxygen atoms in total. The fourth-order valence-corrected chi connectivity index (χ4v) is 3.96. The van der Waals surface area contributed by atoms with Gasteiger partial charge in [0.25, 0.3) is 0 Å². The van der Waals surface area contributed by atoms with Gasteiger partial charge in [-0.15, -0.1) is 0 Å². The van der Waals surface area contributed by atoms with Crippen molar-refractivity contribution >= 4 is 27.8 Å². The lowest BCUT2D eigenvalue weighted by molar-refractivity contribution is -0.162. The zero-order valence-corrected chi connectivity index (χ0v) is 15.2. The highest BCUT2D eigenvalue weighted by molar-refractivity contribution is 6.02. The van der Waals surface area contributed by atoms with Crippen LogP contribution >= 0.6 is 0 Å². The predicted octanol–water partition coefficient (Wildman–Crippen LogP) is 3.24. The number of aromatic nitrogens is 3. The van der Waals surface area contributed by atoms with Crippen LogP contribution in [0.5, 0.6) is 0 Å². The summed E-state index contributed by atoms with van der Waals surface area (Å²) in [4.78, 5) is 33.0. The third-order valence-corrected chi connectivity index (χ3v) is 5.45. The fourth-order valence-electron chi connectivity index (χ4n) is 3.96. The molecule has 3 aromatic heterocycles. The van der Waals surface area contributed by atoms with Crippen LogP contribution in [0.25, 0.3) is 21.9 Å². The van der Waals surface area contributed by atoms with Gasteiger partial charge < -0.3 is 14.5 Å². The van der Waals surface area contributed by atoms with Crippen molar-refractivity contribution < 1.29 is 18.0 Å². The molecule has 4 rings (SSSR count). The van der Waals surface area contributed by atoms with Crippen molar-refractivity contribution in [2.45, 2.75) is 32.0 Å². The van der Waals surface area contributed by atoms with E-state index in [4.69, 9.17) is 0 Å². The van der Waals surface area contributed by atoms with Crippen LogP contribution in [0.4, 0.5) is 13.2 Å². The quantitative estimate of drug-likeness (QED) is 0.728. The summed E-state index contributed by atoms with van der Waals surface area (Å²) >= 11 is 0. The molecule has 0 aliphatic carbocycles. The molecule has 4 heterocycles. The van der Waals surface area contributed by atoms with E-state index in [1.54, 1.807) is 12.4 Å². The Hall–Kier alpha value is -2.84. The second-order valence-electron chi connectivity index (χ2n) is 7.31. The summed E-state index contributed by atoms with van der Waals surface area (Å²) in [6.07, 6.45) is -0.498. The molecule has 0 spiro atoms. The molecule has 0 unspecified atom stereocenters. The predicted molar refractivity (Wildman–Crippen MR) is 97.9 cm³/mol. The molecule has 3 aromatic rings. The summed E-state index contributed by atoms with van der Waals surface area (Å²) in [5.74, 6) is -0.786. The van der Waals surface area contributed by atoms with E-state index in [0.29, 0.717) is 29.5 Å². The molecule has 148 valence electrons. The molecule has 28 heavy (non-hydrogen) atoms. The van der Waals surface area contributed by atoms with Crippen LogP contribution in [0.1, 0.15) is 25.8 Å². The molecule has 0 saturated carbocycles. The summed E-state index contributed by atoms with van der Waals surface area (Å²) in [6.45, 7) is 2.48. The topological polar surface area (TPSA) is 71.0 Å². The number of alkyl halides is 3. The SMILES string of the molecule is C[C@@H]1CCN(C(=O)CC(F)(F)F)C[C@@H]1n1ccc(=O)c2cnc3[nH]ccc3c21. The second-order valence-corrected chi connectivity index (χ2v) is 7.31. The van der Waals surface area contributed by atoms with Crippen LogP contribution in [0.3, 0.4) is 0 Å². The van der Waals surface area contributed by atoms with Crippen LogP contribution in [0.15, 0.2) is 35.5 Å². The highest BCUT2D eigenvalue weighted by Gasteiger charge is 2.37. The number of pyridine rings is 2. The maximum Gasteiger partial charge on any atom is 0.397 e. The number of fused-ring (bicyclic) bond motifs is 3. The van der Waals surface area contributed by atoms with Crippen molar-refractivity contribution in [3.8, 4) is 0 Å². The van der Waals surface area contributed by atoms with Crippen molar-refractivity contribution in [2.75, 3.05) is 13.1 Å². The first kappa shape index (κ1) is 18.5. The summed E-state index contributed by atoms with van der Waals surface area (Å²) < 4.78 is 39.9. The number of hydrogen-bond acceptors (Lipinski definition) is 3. The smallest absolute Gasteiger partial charge is 0.346 e. The minimum absolute atomic E-state index is 0.128. The molecule has 1 N–H and O–H groups in total. The molecule has 0 bridgehead atoms. The van der Waals surface area contributed by atoms with Gasteiger partial charge in [-0.1, -0.05) is 6.92 Å². The molecule has 9 heteroatoms. The Labute approximate surface area is 158 Å². The molecular formula is C19H19F3N4O2. The molecule has 1 fully saturated rings. The van der Waals surface area contributed by atoms with E-state index in [1.165, 1.54) is 17.2 Å². The number of likely N-dealkylation sites (tertiary alicyclic amines) is 1. The molecular weight excluding hydrogens is 373 g/mol. The Morgan fingerprint density at radius 1 is 1.32 bits per heavy atom. The van der Waals surface area contributed by atoms with Crippen LogP contribution in [0, 0.1) is 5.92 Å². The normalized spacial score (nSPS) is 20.8. The van der Waals surface area contributed by atoms with Gasteiger partial charge in [0.05, 0.1) is 16.9 Å². The van der Waals surface area contributed by atoms with Crippen molar-refractivity contribution in [2.24, 2.45) is 5.92 Å². The third-order valence-electron chi connectivity index (χ3n) is 5.45. The Kier molecular flexibility index (Phi) is 4.40. The minimum atomic E-state index is -4.53. The van der Waals surface area contributed by atoms with Gasteiger partial charge in [0.2, 0.25) is 5.91 Å². The Bertz CT molecular complexity index is 1100. The van der Waals surface area contributed by atoms with E-state index >= 15 is 0 Å². The van der Waals surface area contributed by atoms with Gasteiger partial charge in [0.15, 0.2) is 5.43 Å². The number of carbonyl (C=O) groups excluding carboxylic acids is 1. The Morgan fingerprint density at radius 2 is 2.11 bits per heavy atom. The molecule has 0 radical (unpaired) electrons. The Morgan fingerprint density at radius 3 is 2.86 bits per heavy atom. The van der Waals surface area contributed by atoms with E-state index in [2.05, 4.69) is 9.97 Å². The van der Waals surface area contributed by atoms with Crippen LogP contribution in [0.2, 0.25) is 0 Å². The fraction of sp³-hybridized carbons (Fsp3) is 0.421. The lowest BCUT2D eigenvalue weighted by atomic mass is 9.92. The lowest BCUT2D eigenvalue weighted by Gasteiger charge is -2.39. The number of hydrogen-bond donors (Lipinski definition) is 1. The number of piperidine rings is 1. The maximum atomic E-state index is 12.7. The van der Waals surface area contributed by atoms with Gasteiger partial charge in [-0.3, -0.25) is 9.59 Å². The van der Waals surface area contributed by atoms with E-state index in [9.17, 15) is 22.8 Å². The first-order chi connectivity index (χ1) is 13.2. The van der Waals surface area contributed by atoms with Gasteiger partial charge in [-0.2, -0.15) is 13.2 Å². The number of aromatic amines is 1. The maximum absolute atomic E-state index is 12.7. The van der Waals surface area contributed by atoms with E-state index < -0.39 is 18.5 Å². The third kappa shape index (κ3) is 3.25. The number of H-pyrrole nitrogens is 1. The molecule has 0 aromatic carbocycles. The molecule has 1 amide bonds. The number of halogens is 3. The minimum Gasteiger partial charge on any atom is -0.346 e. The molecule has 1 saturated heterocycles. The first-order valence-electron chi connectivity index (χ1n) is 9.06. The first-order valence-corrected chi connectivity index (χ1v) is 9.06. The van der Waals surface area contributed by atoms with Crippen LogP contribution < -0.4 is 5.43 Å². The monoisotopic (exact) mass is 392 g/mol. The molecule has 2 atom stereocenters. The Balaban J connectivity index is 1.78. The largest absolute Gasteiger partial charge is 0.397 e. The summed E-state index contributed by atoms with van der Waals surface area (Å²) in [7, 11) is 0. The van der Waals surface area contributed by atoms with E-state index in [0.717, 1.165) is 5.39 Å². The van der Waals surface area contributed by atoms with Crippen molar-refractivity contribution in [3.05, 3.63) is 40.9 Å². The van der Waals surface area contributed by atoms with Crippen LogP contribution in [-0.2, 0) is 4.79 Å². The number of carbonyl (C=O) groups is 1. The van der Waals surface area contributed by atoms with Gasteiger partial charge in [0, 0.05) is 43.1 Å². The number of amides is 1. The number of rotatable bonds is 2. The summed E-state index contributed by atoms with van der Waals surface area (Å²) in [5, 5.41) is 1.21. The van der Waals surface area contributed by atoms with E-state index in [-0.39, 0.29) is 23.9 Å². The zero-order valence-electron chi connectivity index (χ0n) is 15.2. The van der Waals surface area contributed by atoms with Gasteiger partial charge in [-0.25, -0.2) is 4.98 Å². The molecule has 1 aliphatic rings. The average Bonchev–Trinajstić information content (AvgIpc) is 3.10. The van der Waals surface area contributed by atoms with Gasteiger partial charge >= 0.3 is 6.18 Å². The van der Waals surface area contributed by atoms with Gasteiger partial charge in [-0.05, 0) is 18.4 Å². The highest BCUT2D eigenvalue weighted by atomic mass is 19.4. The average molecular weight is 392 g/mol. The number of nitrogens with one attached hydrogen (secondary N) is 1. The van der Waals surface area contributed by atoms with Crippen molar-refractivity contribution in [1.82, 2.24) is 19.4 Å². The van der Waals surface area contributed by atoms with E-state index in [1.807, 2.05) is 17.6 Å².